The van der Waals surface area contributed by atoms with E-state index in [0.29, 0.717) is 13.2 Å². The van der Waals surface area contributed by atoms with E-state index in [4.69, 9.17) is 10.5 Å². The summed E-state index contributed by atoms with van der Waals surface area (Å²) in [6.45, 7) is 4.02. The molecule has 0 aliphatic carbocycles. The lowest BCUT2D eigenvalue weighted by Gasteiger charge is -2.00. The molecule has 4 heteroatoms. The predicted octanol–water partition coefficient (Wildman–Crippen LogP) is 0.969. The topological polar surface area (TPSA) is 48.1 Å². The van der Waals surface area contributed by atoms with Crippen molar-refractivity contribution in [1.82, 2.24) is 4.98 Å². The van der Waals surface area contributed by atoms with Crippen LogP contribution in [0.5, 0.6) is 0 Å². The van der Waals surface area contributed by atoms with Gasteiger partial charge in [0.25, 0.3) is 0 Å². The fourth-order valence-corrected chi connectivity index (χ4v) is 1.68. The molecule has 0 fully saturated rings. The number of nitrogens with zero attached hydrogens (tertiary/aromatic N) is 1. The summed E-state index contributed by atoms with van der Waals surface area (Å²) in [4.78, 5) is 5.47. The van der Waals surface area contributed by atoms with E-state index in [2.05, 4.69) is 4.98 Å². The van der Waals surface area contributed by atoms with Crippen LogP contribution in [0.25, 0.3) is 0 Å². The van der Waals surface area contributed by atoms with Crippen molar-refractivity contribution in [1.29, 1.82) is 0 Å². The minimum Gasteiger partial charge on any atom is -0.380 e. The Morgan fingerprint density at radius 2 is 2.42 bits per heavy atom. The molecule has 0 amide bonds. The molecular weight excluding hydrogens is 172 g/mol. The van der Waals surface area contributed by atoms with Crippen LogP contribution in [0.3, 0.4) is 0 Å². The van der Waals surface area contributed by atoms with Crippen LogP contribution in [0.15, 0.2) is 5.51 Å². The highest BCUT2D eigenvalue weighted by atomic mass is 32.1. The maximum atomic E-state index is 5.28. The van der Waals surface area contributed by atoms with Crippen molar-refractivity contribution >= 4 is 11.3 Å². The molecule has 0 aliphatic heterocycles. The second kappa shape index (κ2) is 5.24. The molecule has 12 heavy (non-hydrogen) atoms. The highest BCUT2D eigenvalue weighted by molar-refractivity contribution is 7.09. The molecular formula is C8H14N2OS. The summed E-state index contributed by atoms with van der Waals surface area (Å²) >= 11 is 1.69. The van der Waals surface area contributed by atoms with Crippen LogP contribution in [-0.4, -0.2) is 24.7 Å². The molecule has 0 bridgehead atoms. The van der Waals surface area contributed by atoms with Gasteiger partial charge in [-0.25, -0.2) is 4.98 Å². The number of hydrogen-bond donors (Lipinski definition) is 1. The van der Waals surface area contributed by atoms with Gasteiger partial charge in [-0.2, -0.15) is 0 Å². The third kappa shape index (κ3) is 2.89. The largest absolute Gasteiger partial charge is 0.380 e. The highest BCUT2D eigenvalue weighted by Gasteiger charge is 1.99. The standard InChI is InChI=1S/C8H14N2OS/c1-7-8(12-6-10-7)2-4-11-5-3-9/h6H,2-5,9H2,1H3. The average molecular weight is 186 g/mol. The molecule has 2 N–H and O–H groups in total. The molecule has 0 atom stereocenters. The van der Waals surface area contributed by atoms with Gasteiger partial charge < -0.3 is 10.5 Å². The lowest BCUT2D eigenvalue weighted by molar-refractivity contribution is 0.145. The second-order valence-electron chi connectivity index (χ2n) is 2.51. The Kier molecular flexibility index (Phi) is 4.21. The average Bonchev–Trinajstić information content (AvgIpc) is 2.46. The van der Waals surface area contributed by atoms with E-state index in [1.54, 1.807) is 11.3 Å². The van der Waals surface area contributed by atoms with Gasteiger partial charge in [-0.3, -0.25) is 0 Å². The quantitative estimate of drug-likeness (QED) is 0.697. The maximum Gasteiger partial charge on any atom is 0.0797 e. The summed E-state index contributed by atoms with van der Waals surface area (Å²) < 4.78 is 5.26. The first-order valence-corrected chi connectivity index (χ1v) is 4.89. The van der Waals surface area contributed by atoms with Gasteiger partial charge in [0.1, 0.15) is 0 Å². The second-order valence-corrected chi connectivity index (χ2v) is 3.45. The molecule has 0 radical (unpaired) electrons. The summed E-state index contributed by atoms with van der Waals surface area (Å²) in [6.07, 6.45) is 0.955. The molecule has 1 aromatic rings. The van der Waals surface area contributed by atoms with Crippen LogP contribution >= 0.6 is 11.3 Å². The van der Waals surface area contributed by atoms with E-state index in [1.165, 1.54) is 4.88 Å². The molecule has 1 aromatic heterocycles. The Bertz CT molecular complexity index is 225. The normalized spacial score (nSPS) is 10.5. The monoisotopic (exact) mass is 186 g/mol. The summed E-state index contributed by atoms with van der Waals surface area (Å²) in [5.74, 6) is 0. The predicted molar refractivity (Wildman–Crippen MR) is 50.4 cm³/mol. The van der Waals surface area contributed by atoms with E-state index in [9.17, 15) is 0 Å². The fraction of sp³-hybridized carbons (Fsp3) is 0.625. The summed E-state index contributed by atoms with van der Waals surface area (Å²) in [5.41, 5.74) is 8.27. The minimum absolute atomic E-state index is 0.599. The van der Waals surface area contributed by atoms with Gasteiger partial charge in [0.2, 0.25) is 0 Å². The van der Waals surface area contributed by atoms with Gasteiger partial charge in [0.05, 0.1) is 24.4 Å². The zero-order valence-corrected chi connectivity index (χ0v) is 8.06. The van der Waals surface area contributed by atoms with E-state index in [-0.39, 0.29) is 0 Å². The van der Waals surface area contributed by atoms with Crippen molar-refractivity contribution < 1.29 is 4.74 Å². The van der Waals surface area contributed by atoms with Crippen molar-refractivity contribution in [2.45, 2.75) is 13.3 Å². The Hall–Kier alpha value is -0.450. The van der Waals surface area contributed by atoms with E-state index < -0.39 is 0 Å². The molecule has 1 heterocycles. The van der Waals surface area contributed by atoms with Crippen LogP contribution in [-0.2, 0) is 11.2 Å². The van der Waals surface area contributed by atoms with Gasteiger partial charge in [0.15, 0.2) is 0 Å². The van der Waals surface area contributed by atoms with Crippen molar-refractivity contribution in [3.63, 3.8) is 0 Å². The summed E-state index contributed by atoms with van der Waals surface area (Å²) in [7, 11) is 0. The first-order chi connectivity index (χ1) is 5.84. The van der Waals surface area contributed by atoms with Crippen LogP contribution in [0.4, 0.5) is 0 Å². The first-order valence-electron chi connectivity index (χ1n) is 4.01. The number of nitrogens with two attached hydrogens (primary N) is 1. The molecule has 0 aliphatic rings. The number of aryl methyl sites for hydroxylation is 1. The van der Waals surface area contributed by atoms with E-state index in [0.717, 1.165) is 18.7 Å². The number of hydrogen-bond acceptors (Lipinski definition) is 4. The molecule has 3 nitrogen and oxygen atoms in total. The van der Waals surface area contributed by atoms with Crippen molar-refractivity contribution in [2.75, 3.05) is 19.8 Å². The highest BCUT2D eigenvalue weighted by Crippen LogP contribution is 2.12. The third-order valence-corrected chi connectivity index (χ3v) is 2.58. The molecule has 0 aromatic carbocycles. The molecule has 0 saturated carbocycles. The fourth-order valence-electron chi connectivity index (χ4n) is 0.916. The van der Waals surface area contributed by atoms with Crippen LogP contribution < -0.4 is 5.73 Å². The van der Waals surface area contributed by atoms with Gasteiger partial charge in [-0.15, -0.1) is 11.3 Å². The Labute approximate surface area is 76.6 Å². The molecule has 1 rings (SSSR count). The zero-order valence-electron chi connectivity index (χ0n) is 7.25. The number of rotatable bonds is 5. The lowest BCUT2D eigenvalue weighted by atomic mass is 10.3. The summed E-state index contributed by atoms with van der Waals surface area (Å²) in [6, 6.07) is 0. The smallest absolute Gasteiger partial charge is 0.0797 e. The van der Waals surface area contributed by atoms with E-state index >= 15 is 0 Å². The van der Waals surface area contributed by atoms with Crippen LogP contribution in [0, 0.1) is 6.92 Å². The maximum absolute atomic E-state index is 5.28. The van der Waals surface area contributed by atoms with E-state index in [1.807, 2.05) is 12.4 Å². The Morgan fingerprint density at radius 3 is 3.00 bits per heavy atom. The summed E-state index contributed by atoms with van der Waals surface area (Å²) in [5, 5.41) is 0. The Balaban J connectivity index is 2.20. The first kappa shape index (κ1) is 9.64. The number of thiazole rings is 1. The van der Waals surface area contributed by atoms with Crippen LogP contribution in [0.2, 0.25) is 0 Å². The molecule has 0 saturated heterocycles. The van der Waals surface area contributed by atoms with Crippen LogP contribution in [0.1, 0.15) is 10.6 Å². The molecule has 68 valence electrons. The third-order valence-electron chi connectivity index (χ3n) is 1.58. The SMILES string of the molecule is Cc1ncsc1CCOCCN. The van der Waals surface area contributed by atoms with Crippen molar-refractivity contribution in [3.05, 3.63) is 16.1 Å². The minimum atomic E-state index is 0.599. The molecule has 0 unspecified atom stereocenters. The zero-order chi connectivity index (χ0) is 8.81. The van der Waals surface area contributed by atoms with Gasteiger partial charge >= 0.3 is 0 Å². The molecule has 0 spiro atoms. The number of ether oxygens (including phenoxy) is 1. The van der Waals surface area contributed by atoms with Gasteiger partial charge in [-0.1, -0.05) is 0 Å². The number of aromatic nitrogens is 1. The van der Waals surface area contributed by atoms with Crippen molar-refractivity contribution in [2.24, 2.45) is 5.73 Å². The van der Waals surface area contributed by atoms with Gasteiger partial charge in [0, 0.05) is 17.8 Å². The van der Waals surface area contributed by atoms with Crippen molar-refractivity contribution in [3.8, 4) is 0 Å². The lowest BCUT2D eigenvalue weighted by Crippen LogP contribution is -2.09. The Morgan fingerprint density at radius 1 is 1.58 bits per heavy atom. The van der Waals surface area contributed by atoms with Gasteiger partial charge in [-0.05, 0) is 6.92 Å².